The van der Waals surface area contributed by atoms with Crippen molar-refractivity contribution in [3.8, 4) is 5.75 Å². The average Bonchev–Trinajstić information content (AvgIpc) is 3.27. The van der Waals surface area contributed by atoms with Crippen molar-refractivity contribution in [2.45, 2.75) is 75.6 Å². The van der Waals surface area contributed by atoms with Crippen molar-refractivity contribution in [3.05, 3.63) is 59.7 Å². The molecule has 3 aliphatic rings. The lowest BCUT2D eigenvalue weighted by atomic mass is 9.74. The number of aryl methyl sites for hydroxylation is 1. The number of halogens is 1. The lowest BCUT2D eigenvalue weighted by Gasteiger charge is -2.41. The number of fused-ring (bicyclic) bond motifs is 1. The number of hydrazine groups is 1. The molecule has 2 heterocycles. The number of aliphatic hydroxyl groups is 1. The van der Waals surface area contributed by atoms with Crippen molar-refractivity contribution >= 4 is 5.91 Å². The van der Waals surface area contributed by atoms with Gasteiger partial charge in [-0.1, -0.05) is 6.07 Å². The van der Waals surface area contributed by atoms with Gasteiger partial charge in [-0.15, -0.1) is 0 Å². The lowest BCUT2D eigenvalue weighted by molar-refractivity contribution is -0.128. The number of nitrogens with zero attached hydrogens (tertiary/aromatic N) is 1. The van der Waals surface area contributed by atoms with E-state index >= 15 is 0 Å². The summed E-state index contributed by atoms with van der Waals surface area (Å²) in [5.74, 6) is 0.411. The van der Waals surface area contributed by atoms with Crippen LogP contribution in [0.3, 0.4) is 0 Å². The standard InChI is InChI=1S/C27H35FN4O3/c1-17-12-18(9-11-29-17)25-23-13-19(7-8-24(23)31-32-25)26(34)30-21-5-3-10-27(15-21,16-33)35-22-6-2-4-20(28)14-22/h2,4,6,9,11-12,14,19,21,23-25,31-33H,3,5,7-8,10,13,15-16H2,1H3,(H,30,34). The van der Waals surface area contributed by atoms with E-state index < -0.39 is 5.60 Å². The Bertz CT molecular complexity index is 1050. The third-order valence-corrected chi connectivity index (χ3v) is 7.97. The van der Waals surface area contributed by atoms with E-state index in [1.807, 2.05) is 19.2 Å². The zero-order valence-corrected chi connectivity index (χ0v) is 20.2. The summed E-state index contributed by atoms with van der Waals surface area (Å²) in [6, 6.07) is 10.6. The zero-order chi connectivity index (χ0) is 24.4. The molecule has 1 aromatic heterocycles. The molecular formula is C27H35FN4O3. The summed E-state index contributed by atoms with van der Waals surface area (Å²) in [4.78, 5) is 17.7. The Morgan fingerprint density at radius 2 is 2.14 bits per heavy atom. The largest absolute Gasteiger partial charge is 0.485 e. The first-order chi connectivity index (χ1) is 16.9. The maximum Gasteiger partial charge on any atom is 0.223 e. The Labute approximate surface area is 205 Å². The van der Waals surface area contributed by atoms with E-state index in [9.17, 15) is 14.3 Å². The van der Waals surface area contributed by atoms with Gasteiger partial charge in [0, 0.05) is 42.4 Å². The van der Waals surface area contributed by atoms with E-state index in [0.29, 0.717) is 30.6 Å². The van der Waals surface area contributed by atoms with Crippen LogP contribution in [0.2, 0.25) is 0 Å². The van der Waals surface area contributed by atoms with Gasteiger partial charge in [-0.3, -0.25) is 15.2 Å². The number of aromatic nitrogens is 1. The molecule has 2 aromatic rings. The number of nitrogens with one attached hydrogen (secondary N) is 3. The van der Waals surface area contributed by atoms with Gasteiger partial charge in [0.2, 0.25) is 5.91 Å². The molecule has 4 N–H and O–H groups in total. The highest BCUT2D eigenvalue weighted by Gasteiger charge is 2.44. The van der Waals surface area contributed by atoms with Gasteiger partial charge >= 0.3 is 0 Å². The summed E-state index contributed by atoms with van der Waals surface area (Å²) in [5, 5.41) is 13.4. The number of benzene rings is 1. The molecule has 6 atom stereocenters. The minimum absolute atomic E-state index is 0.0435. The molecule has 7 nitrogen and oxygen atoms in total. The van der Waals surface area contributed by atoms with Gasteiger partial charge < -0.3 is 15.2 Å². The second-order valence-corrected chi connectivity index (χ2v) is 10.5. The fraction of sp³-hybridized carbons (Fsp3) is 0.556. The van der Waals surface area contributed by atoms with Crippen LogP contribution >= 0.6 is 0 Å². The zero-order valence-electron chi connectivity index (χ0n) is 20.2. The third-order valence-electron chi connectivity index (χ3n) is 7.97. The topological polar surface area (TPSA) is 95.5 Å². The van der Waals surface area contributed by atoms with E-state index in [0.717, 1.165) is 37.8 Å². The van der Waals surface area contributed by atoms with Crippen molar-refractivity contribution in [3.63, 3.8) is 0 Å². The normalized spacial score (nSPS) is 32.6. The quantitative estimate of drug-likeness (QED) is 0.505. The first-order valence-electron chi connectivity index (χ1n) is 12.7. The fourth-order valence-corrected chi connectivity index (χ4v) is 6.20. The summed E-state index contributed by atoms with van der Waals surface area (Å²) < 4.78 is 19.7. The number of pyridine rings is 1. The Hall–Kier alpha value is -2.55. The molecule has 5 rings (SSSR count). The van der Waals surface area contributed by atoms with Crippen LogP contribution in [0.1, 0.15) is 62.2 Å². The van der Waals surface area contributed by atoms with Crippen LogP contribution in [0.25, 0.3) is 0 Å². The molecule has 8 heteroatoms. The van der Waals surface area contributed by atoms with E-state index in [-0.39, 0.29) is 36.3 Å². The molecule has 1 aliphatic heterocycles. The van der Waals surface area contributed by atoms with Crippen molar-refractivity contribution in [2.75, 3.05) is 6.61 Å². The van der Waals surface area contributed by atoms with Crippen LogP contribution in [0.5, 0.6) is 5.75 Å². The SMILES string of the molecule is Cc1cc(C2NNC3CCC(C(=O)NC4CCCC(CO)(Oc5cccc(F)c5)C4)CC32)ccn1. The van der Waals surface area contributed by atoms with Gasteiger partial charge in [0.05, 0.1) is 12.6 Å². The Balaban J connectivity index is 1.22. The molecular weight excluding hydrogens is 447 g/mol. The van der Waals surface area contributed by atoms with E-state index in [1.165, 1.54) is 17.7 Å². The Morgan fingerprint density at radius 3 is 2.94 bits per heavy atom. The second-order valence-electron chi connectivity index (χ2n) is 10.5. The fourth-order valence-electron chi connectivity index (χ4n) is 6.20. The molecule has 1 saturated heterocycles. The number of carbonyl (C=O) groups is 1. The number of rotatable bonds is 6. The molecule has 2 saturated carbocycles. The van der Waals surface area contributed by atoms with Gasteiger partial charge in [0.25, 0.3) is 0 Å². The number of aliphatic hydroxyl groups excluding tert-OH is 1. The molecule has 35 heavy (non-hydrogen) atoms. The molecule has 0 spiro atoms. The third kappa shape index (κ3) is 5.34. The Kier molecular flexibility index (Phi) is 7.05. The van der Waals surface area contributed by atoms with Gasteiger partial charge in [-0.2, -0.15) is 0 Å². The van der Waals surface area contributed by atoms with E-state index in [1.54, 1.807) is 12.1 Å². The minimum atomic E-state index is -0.814. The van der Waals surface area contributed by atoms with Crippen LogP contribution in [-0.4, -0.2) is 40.3 Å². The van der Waals surface area contributed by atoms with Crippen molar-refractivity contribution in [1.82, 2.24) is 21.2 Å². The summed E-state index contributed by atoms with van der Waals surface area (Å²) in [7, 11) is 0. The molecule has 1 aromatic carbocycles. The maximum atomic E-state index is 13.6. The van der Waals surface area contributed by atoms with Crippen LogP contribution in [0, 0.1) is 24.6 Å². The predicted molar refractivity (Wildman–Crippen MR) is 130 cm³/mol. The number of carbonyl (C=O) groups excluding carboxylic acids is 1. The minimum Gasteiger partial charge on any atom is -0.485 e. The average molecular weight is 483 g/mol. The highest BCUT2D eigenvalue weighted by molar-refractivity contribution is 5.79. The first kappa shape index (κ1) is 24.2. The number of hydrogen-bond donors (Lipinski definition) is 4. The summed E-state index contributed by atoms with van der Waals surface area (Å²) in [6.07, 6.45) is 7.31. The Morgan fingerprint density at radius 1 is 1.26 bits per heavy atom. The second kappa shape index (κ2) is 10.2. The molecule has 188 valence electrons. The first-order valence-corrected chi connectivity index (χ1v) is 12.7. The van der Waals surface area contributed by atoms with Gasteiger partial charge in [0.15, 0.2) is 0 Å². The molecule has 2 aliphatic carbocycles. The molecule has 3 fully saturated rings. The predicted octanol–water partition coefficient (Wildman–Crippen LogP) is 3.33. The van der Waals surface area contributed by atoms with E-state index in [2.05, 4.69) is 27.2 Å². The van der Waals surface area contributed by atoms with Crippen LogP contribution < -0.4 is 20.9 Å². The number of amides is 1. The summed E-state index contributed by atoms with van der Waals surface area (Å²) >= 11 is 0. The van der Waals surface area contributed by atoms with Gasteiger partial charge in [0.1, 0.15) is 17.2 Å². The van der Waals surface area contributed by atoms with Crippen LogP contribution in [-0.2, 0) is 4.79 Å². The summed E-state index contributed by atoms with van der Waals surface area (Å²) in [6.45, 7) is 1.82. The van der Waals surface area contributed by atoms with Crippen molar-refractivity contribution < 1.29 is 19.0 Å². The molecule has 6 unspecified atom stereocenters. The molecule has 1 amide bonds. The monoisotopic (exact) mass is 482 g/mol. The molecule has 0 bridgehead atoms. The highest BCUT2D eigenvalue weighted by atomic mass is 19.1. The maximum absolute atomic E-state index is 13.6. The van der Waals surface area contributed by atoms with Gasteiger partial charge in [-0.25, -0.2) is 9.82 Å². The van der Waals surface area contributed by atoms with Crippen molar-refractivity contribution in [2.24, 2.45) is 11.8 Å². The lowest BCUT2D eigenvalue weighted by Crippen LogP contribution is -2.52. The van der Waals surface area contributed by atoms with Crippen molar-refractivity contribution in [1.29, 1.82) is 0 Å². The number of ether oxygens (including phenoxy) is 1. The van der Waals surface area contributed by atoms with Crippen LogP contribution in [0.4, 0.5) is 4.39 Å². The summed E-state index contributed by atoms with van der Waals surface area (Å²) in [5.41, 5.74) is 8.26. The van der Waals surface area contributed by atoms with E-state index in [4.69, 9.17) is 4.74 Å². The molecule has 0 radical (unpaired) electrons. The highest BCUT2D eigenvalue weighted by Crippen LogP contribution is 2.41. The number of hydrogen-bond acceptors (Lipinski definition) is 6. The van der Waals surface area contributed by atoms with Gasteiger partial charge in [-0.05, 0) is 81.2 Å². The smallest absolute Gasteiger partial charge is 0.223 e. The van der Waals surface area contributed by atoms with Crippen LogP contribution in [0.15, 0.2) is 42.6 Å².